The van der Waals surface area contributed by atoms with Gasteiger partial charge in [-0.25, -0.2) is 0 Å². The monoisotopic (exact) mass is 344 g/mol. The molecule has 2 unspecified atom stereocenters. The van der Waals surface area contributed by atoms with E-state index in [4.69, 9.17) is 5.11 Å². The Hall–Kier alpha value is -2.37. The van der Waals surface area contributed by atoms with E-state index < -0.39 is 11.9 Å². The maximum absolute atomic E-state index is 12.5. The second-order valence-corrected chi connectivity index (χ2v) is 7.01. The van der Waals surface area contributed by atoms with E-state index in [2.05, 4.69) is 5.32 Å². The van der Waals surface area contributed by atoms with Crippen LogP contribution in [0.5, 0.6) is 0 Å². The number of hydrogen-bond acceptors (Lipinski definition) is 3. The molecule has 2 atom stereocenters. The fraction of sp³-hybridized carbons (Fsp3) is 0.526. The van der Waals surface area contributed by atoms with Gasteiger partial charge in [0.15, 0.2) is 0 Å². The normalized spacial score (nSPS) is 22.8. The summed E-state index contributed by atoms with van der Waals surface area (Å²) in [5.74, 6) is -1.56. The molecular formula is C19H24N2O4. The molecule has 6 heteroatoms. The average Bonchev–Trinajstić information content (AvgIpc) is 2.61. The Morgan fingerprint density at radius 2 is 1.92 bits per heavy atom. The van der Waals surface area contributed by atoms with E-state index >= 15 is 0 Å². The summed E-state index contributed by atoms with van der Waals surface area (Å²) in [5, 5.41) is 12.1. The summed E-state index contributed by atoms with van der Waals surface area (Å²) in [4.78, 5) is 37.2. The van der Waals surface area contributed by atoms with Gasteiger partial charge in [0.25, 0.3) is 0 Å². The molecule has 1 fully saturated rings. The first-order chi connectivity index (χ1) is 12.0. The van der Waals surface area contributed by atoms with Crippen molar-refractivity contribution in [3.05, 3.63) is 23.8 Å². The van der Waals surface area contributed by atoms with Gasteiger partial charge < -0.3 is 15.3 Å². The van der Waals surface area contributed by atoms with Crippen LogP contribution in [0.1, 0.15) is 44.6 Å². The van der Waals surface area contributed by atoms with Crippen molar-refractivity contribution in [2.24, 2.45) is 11.8 Å². The number of aliphatic carboxylic acids is 1. The van der Waals surface area contributed by atoms with Gasteiger partial charge in [0.1, 0.15) is 0 Å². The molecule has 1 aliphatic carbocycles. The molecule has 2 amide bonds. The highest BCUT2D eigenvalue weighted by Crippen LogP contribution is 2.32. The molecule has 1 heterocycles. The van der Waals surface area contributed by atoms with Crippen LogP contribution < -0.4 is 10.2 Å². The first-order valence-electron chi connectivity index (χ1n) is 8.90. The molecule has 0 radical (unpaired) electrons. The van der Waals surface area contributed by atoms with Crippen LogP contribution in [0.2, 0.25) is 0 Å². The second kappa shape index (κ2) is 7.25. The van der Waals surface area contributed by atoms with E-state index in [0.717, 1.165) is 43.5 Å². The van der Waals surface area contributed by atoms with Crippen molar-refractivity contribution in [3.8, 4) is 0 Å². The number of carboxylic acids is 1. The minimum absolute atomic E-state index is 0.0275. The summed E-state index contributed by atoms with van der Waals surface area (Å²) < 4.78 is 0. The number of aryl methyl sites for hydroxylation is 1. The van der Waals surface area contributed by atoms with Gasteiger partial charge in [-0.2, -0.15) is 0 Å². The molecule has 0 saturated heterocycles. The highest BCUT2D eigenvalue weighted by Gasteiger charge is 2.31. The van der Waals surface area contributed by atoms with Gasteiger partial charge >= 0.3 is 5.97 Å². The van der Waals surface area contributed by atoms with Gasteiger partial charge in [-0.3, -0.25) is 14.4 Å². The molecule has 1 aromatic carbocycles. The summed E-state index contributed by atoms with van der Waals surface area (Å²) in [6, 6.07) is 5.63. The van der Waals surface area contributed by atoms with Crippen LogP contribution in [0.3, 0.4) is 0 Å². The number of benzene rings is 1. The number of amides is 2. The van der Waals surface area contributed by atoms with Crippen molar-refractivity contribution < 1.29 is 19.5 Å². The largest absolute Gasteiger partial charge is 0.481 e. The van der Waals surface area contributed by atoms with E-state index in [1.165, 1.54) is 0 Å². The van der Waals surface area contributed by atoms with Crippen LogP contribution in [0.4, 0.5) is 11.4 Å². The quantitative estimate of drug-likeness (QED) is 0.883. The molecule has 3 rings (SSSR count). The van der Waals surface area contributed by atoms with Crippen LogP contribution in [0, 0.1) is 11.8 Å². The average molecular weight is 344 g/mol. The van der Waals surface area contributed by atoms with E-state index in [1.807, 2.05) is 18.2 Å². The lowest BCUT2D eigenvalue weighted by Gasteiger charge is -2.29. The van der Waals surface area contributed by atoms with Crippen molar-refractivity contribution in [2.45, 2.75) is 45.4 Å². The van der Waals surface area contributed by atoms with E-state index in [1.54, 1.807) is 11.8 Å². The van der Waals surface area contributed by atoms with Crippen molar-refractivity contribution in [3.63, 3.8) is 0 Å². The lowest BCUT2D eigenvalue weighted by atomic mass is 9.81. The van der Waals surface area contributed by atoms with E-state index in [0.29, 0.717) is 18.5 Å². The molecule has 1 aliphatic heterocycles. The van der Waals surface area contributed by atoms with E-state index in [-0.39, 0.29) is 17.7 Å². The summed E-state index contributed by atoms with van der Waals surface area (Å²) in [5.41, 5.74) is 2.69. The third kappa shape index (κ3) is 3.83. The second-order valence-electron chi connectivity index (χ2n) is 7.01. The fourth-order valence-electron chi connectivity index (χ4n) is 3.90. The molecule has 1 aromatic rings. The Morgan fingerprint density at radius 3 is 2.64 bits per heavy atom. The van der Waals surface area contributed by atoms with Gasteiger partial charge in [-0.1, -0.05) is 6.42 Å². The summed E-state index contributed by atoms with van der Waals surface area (Å²) in [7, 11) is 0. The number of nitrogens with one attached hydrogen (secondary N) is 1. The zero-order chi connectivity index (χ0) is 18.0. The third-order valence-electron chi connectivity index (χ3n) is 5.24. The predicted octanol–water partition coefficient (Wildman–Crippen LogP) is 2.82. The van der Waals surface area contributed by atoms with Crippen LogP contribution in [-0.4, -0.2) is 29.4 Å². The predicted molar refractivity (Wildman–Crippen MR) is 94.5 cm³/mol. The van der Waals surface area contributed by atoms with Gasteiger partial charge in [0.05, 0.1) is 5.92 Å². The molecule has 2 aliphatic rings. The number of anilines is 2. The van der Waals surface area contributed by atoms with Crippen molar-refractivity contribution in [1.82, 2.24) is 0 Å². The zero-order valence-electron chi connectivity index (χ0n) is 14.5. The molecule has 2 N–H and O–H groups in total. The molecule has 0 bridgehead atoms. The SMILES string of the molecule is CC(=O)N1CCCc2cc(NC(=O)C3CCCC(C(=O)O)C3)ccc21. The maximum Gasteiger partial charge on any atom is 0.306 e. The smallest absolute Gasteiger partial charge is 0.306 e. The lowest BCUT2D eigenvalue weighted by Crippen LogP contribution is -2.33. The number of fused-ring (bicyclic) bond motifs is 1. The molecule has 1 saturated carbocycles. The number of carbonyl (C=O) groups excluding carboxylic acids is 2. The van der Waals surface area contributed by atoms with Gasteiger partial charge in [-0.15, -0.1) is 0 Å². The number of carboxylic acid groups (broad SMARTS) is 1. The third-order valence-corrected chi connectivity index (χ3v) is 5.24. The maximum atomic E-state index is 12.5. The van der Waals surface area contributed by atoms with Crippen molar-refractivity contribution in [2.75, 3.05) is 16.8 Å². The number of rotatable bonds is 3. The van der Waals surface area contributed by atoms with Crippen LogP contribution in [0.25, 0.3) is 0 Å². The molecular weight excluding hydrogens is 320 g/mol. The van der Waals surface area contributed by atoms with Crippen molar-refractivity contribution in [1.29, 1.82) is 0 Å². The summed E-state index contributed by atoms with van der Waals surface area (Å²) in [6.45, 7) is 2.29. The molecule has 25 heavy (non-hydrogen) atoms. The Bertz CT molecular complexity index is 701. The molecule has 134 valence electrons. The summed E-state index contributed by atoms with van der Waals surface area (Å²) >= 11 is 0. The van der Waals surface area contributed by atoms with Gasteiger partial charge in [0.2, 0.25) is 11.8 Å². The standard InChI is InChI=1S/C19H24N2O4/c1-12(22)21-9-3-6-13-11-16(7-8-17(13)21)20-18(23)14-4-2-5-15(10-14)19(24)25/h7-8,11,14-15H,2-6,9-10H2,1H3,(H,20,23)(H,24,25). The Labute approximate surface area is 147 Å². The number of carbonyl (C=O) groups is 3. The first kappa shape index (κ1) is 17.5. The van der Waals surface area contributed by atoms with Crippen LogP contribution >= 0.6 is 0 Å². The highest BCUT2D eigenvalue weighted by molar-refractivity contribution is 5.95. The lowest BCUT2D eigenvalue weighted by molar-refractivity contribution is -0.143. The Morgan fingerprint density at radius 1 is 1.16 bits per heavy atom. The van der Waals surface area contributed by atoms with Crippen LogP contribution in [-0.2, 0) is 20.8 Å². The highest BCUT2D eigenvalue weighted by atomic mass is 16.4. The fourth-order valence-corrected chi connectivity index (χ4v) is 3.90. The number of nitrogens with zero attached hydrogens (tertiary/aromatic N) is 1. The summed E-state index contributed by atoms with van der Waals surface area (Å²) in [6.07, 6.45) is 4.36. The van der Waals surface area contributed by atoms with E-state index in [9.17, 15) is 14.4 Å². The first-order valence-corrected chi connectivity index (χ1v) is 8.90. The topological polar surface area (TPSA) is 86.7 Å². The van der Waals surface area contributed by atoms with Gasteiger partial charge in [0, 0.05) is 30.8 Å². The van der Waals surface area contributed by atoms with Gasteiger partial charge in [-0.05, 0) is 55.9 Å². The minimum atomic E-state index is -0.810. The Balaban J connectivity index is 1.70. The number of hydrogen-bond donors (Lipinski definition) is 2. The van der Waals surface area contributed by atoms with Crippen molar-refractivity contribution >= 4 is 29.2 Å². The molecule has 6 nitrogen and oxygen atoms in total. The Kier molecular flexibility index (Phi) is 5.06. The molecule has 0 aromatic heterocycles. The minimum Gasteiger partial charge on any atom is -0.481 e. The van der Waals surface area contributed by atoms with Crippen LogP contribution in [0.15, 0.2) is 18.2 Å². The zero-order valence-corrected chi connectivity index (χ0v) is 14.5. The molecule has 0 spiro atoms.